The van der Waals surface area contributed by atoms with Gasteiger partial charge in [0.15, 0.2) is 0 Å². The van der Waals surface area contributed by atoms with Gasteiger partial charge in [0.1, 0.15) is 0 Å². The van der Waals surface area contributed by atoms with E-state index in [1.54, 1.807) is 6.07 Å². The van der Waals surface area contributed by atoms with Gasteiger partial charge in [-0.2, -0.15) is 0 Å². The molecule has 0 aliphatic carbocycles. The molecule has 0 spiro atoms. The standard InChI is InChI=1S/C20H30N4O3/c1-2-21-20(26)23-15-8-9-18(24-10-4-3-5-11-24)17(13-15)19(25)22-14-16-7-6-12-27-16/h8-9,13,16H,2-7,10-12,14H2,1H3,(H,22,25)(H2,21,23,26)/t16-/m0/s1. The van der Waals surface area contributed by atoms with Crippen molar-refractivity contribution in [1.82, 2.24) is 10.6 Å². The number of nitrogens with one attached hydrogen (secondary N) is 3. The maximum absolute atomic E-state index is 12.9. The summed E-state index contributed by atoms with van der Waals surface area (Å²) in [4.78, 5) is 27.0. The molecule has 7 nitrogen and oxygen atoms in total. The van der Waals surface area contributed by atoms with E-state index in [-0.39, 0.29) is 18.0 Å². The van der Waals surface area contributed by atoms with Gasteiger partial charge in [-0.3, -0.25) is 4.79 Å². The van der Waals surface area contributed by atoms with Crippen LogP contribution in [0.3, 0.4) is 0 Å². The molecule has 0 saturated carbocycles. The summed E-state index contributed by atoms with van der Waals surface area (Å²) in [5.41, 5.74) is 2.15. The molecule has 2 fully saturated rings. The van der Waals surface area contributed by atoms with Crippen molar-refractivity contribution in [2.75, 3.05) is 43.0 Å². The summed E-state index contributed by atoms with van der Waals surface area (Å²) in [5.74, 6) is -0.120. The quantitative estimate of drug-likeness (QED) is 0.715. The molecule has 0 unspecified atom stereocenters. The van der Waals surface area contributed by atoms with E-state index in [1.165, 1.54) is 6.42 Å². The van der Waals surface area contributed by atoms with Crippen LogP contribution in [0.2, 0.25) is 0 Å². The smallest absolute Gasteiger partial charge is 0.319 e. The highest BCUT2D eigenvalue weighted by molar-refractivity contribution is 6.02. The summed E-state index contributed by atoms with van der Waals surface area (Å²) in [7, 11) is 0. The zero-order valence-electron chi connectivity index (χ0n) is 16.1. The van der Waals surface area contributed by atoms with Crippen LogP contribution in [0.25, 0.3) is 0 Å². The Bertz CT molecular complexity index is 653. The Kier molecular flexibility index (Phi) is 6.92. The first-order chi connectivity index (χ1) is 13.2. The summed E-state index contributed by atoms with van der Waals surface area (Å²) in [6.07, 6.45) is 5.63. The van der Waals surface area contributed by atoms with Crippen LogP contribution >= 0.6 is 0 Å². The summed E-state index contributed by atoms with van der Waals surface area (Å²) in [6.45, 7) is 5.61. The lowest BCUT2D eigenvalue weighted by Crippen LogP contribution is -2.35. The summed E-state index contributed by atoms with van der Waals surface area (Å²) >= 11 is 0. The largest absolute Gasteiger partial charge is 0.376 e. The van der Waals surface area contributed by atoms with Crippen LogP contribution in [-0.4, -0.2) is 50.8 Å². The van der Waals surface area contributed by atoms with Crippen LogP contribution in [0.15, 0.2) is 18.2 Å². The van der Waals surface area contributed by atoms with E-state index in [0.717, 1.165) is 51.1 Å². The second-order valence-corrected chi connectivity index (χ2v) is 7.11. The molecule has 2 heterocycles. The predicted octanol–water partition coefficient (Wildman–Crippen LogP) is 2.73. The predicted molar refractivity (Wildman–Crippen MR) is 107 cm³/mol. The van der Waals surface area contributed by atoms with Crippen LogP contribution in [0, 0.1) is 0 Å². The third kappa shape index (κ3) is 5.35. The maximum atomic E-state index is 12.9. The number of hydrogen-bond donors (Lipinski definition) is 3. The van der Waals surface area contributed by atoms with Crippen molar-refractivity contribution in [2.45, 2.75) is 45.1 Å². The highest BCUT2D eigenvalue weighted by Gasteiger charge is 2.21. The fraction of sp³-hybridized carbons (Fsp3) is 0.600. The molecule has 2 aliphatic heterocycles. The second-order valence-electron chi connectivity index (χ2n) is 7.11. The van der Waals surface area contributed by atoms with Gasteiger partial charge in [0.25, 0.3) is 5.91 Å². The maximum Gasteiger partial charge on any atom is 0.319 e. The van der Waals surface area contributed by atoms with Gasteiger partial charge in [-0.05, 0) is 57.2 Å². The highest BCUT2D eigenvalue weighted by atomic mass is 16.5. The van der Waals surface area contributed by atoms with Crippen molar-refractivity contribution in [3.8, 4) is 0 Å². The molecule has 2 saturated heterocycles. The average molecular weight is 374 g/mol. The van der Waals surface area contributed by atoms with Crippen molar-refractivity contribution in [3.63, 3.8) is 0 Å². The number of hydrogen-bond acceptors (Lipinski definition) is 4. The number of rotatable bonds is 6. The number of amides is 3. The number of carbonyl (C=O) groups is 2. The zero-order valence-corrected chi connectivity index (χ0v) is 16.1. The van der Waals surface area contributed by atoms with E-state index in [0.29, 0.717) is 24.3 Å². The number of carbonyl (C=O) groups excluding carboxylic acids is 2. The van der Waals surface area contributed by atoms with Crippen molar-refractivity contribution in [1.29, 1.82) is 0 Å². The second kappa shape index (κ2) is 9.60. The van der Waals surface area contributed by atoms with Gasteiger partial charge in [-0.25, -0.2) is 4.79 Å². The lowest BCUT2D eigenvalue weighted by atomic mass is 10.1. The van der Waals surface area contributed by atoms with Crippen LogP contribution in [0.4, 0.5) is 16.2 Å². The van der Waals surface area contributed by atoms with Crippen LogP contribution in [0.1, 0.15) is 49.4 Å². The van der Waals surface area contributed by atoms with Gasteiger partial charge in [-0.15, -0.1) is 0 Å². The molecular formula is C20H30N4O3. The minimum absolute atomic E-state index is 0.101. The van der Waals surface area contributed by atoms with E-state index >= 15 is 0 Å². The third-order valence-electron chi connectivity index (χ3n) is 5.05. The lowest BCUT2D eigenvalue weighted by molar-refractivity contribution is 0.0858. The molecule has 0 aromatic heterocycles. The molecule has 148 valence electrons. The van der Waals surface area contributed by atoms with Gasteiger partial charge in [0, 0.05) is 44.2 Å². The Morgan fingerprint density at radius 1 is 1.15 bits per heavy atom. The number of ether oxygens (including phenoxy) is 1. The SMILES string of the molecule is CCNC(=O)Nc1ccc(N2CCCCC2)c(C(=O)NC[C@@H]2CCCO2)c1. The Morgan fingerprint density at radius 3 is 2.67 bits per heavy atom. The Morgan fingerprint density at radius 2 is 1.96 bits per heavy atom. The minimum Gasteiger partial charge on any atom is -0.376 e. The summed E-state index contributed by atoms with van der Waals surface area (Å²) in [5, 5.41) is 8.50. The van der Waals surface area contributed by atoms with E-state index in [1.807, 2.05) is 19.1 Å². The van der Waals surface area contributed by atoms with E-state index in [2.05, 4.69) is 20.9 Å². The average Bonchev–Trinajstić information content (AvgIpc) is 3.20. The van der Waals surface area contributed by atoms with Crippen molar-refractivity contribution < 1.29 is 14.3 Å². The van der Waals surface area contributed by atoms with Gasteiger partial charge in [0.05, 0.1) is 11.7 Å². The van der Waals surface area contributed by atoms with E-state index in [9.17, 15) is 9.59 Å². The molecule has 0 radical (unpaired) electrons. The molecule has 2 aliphatic rings. The zero-order chi connectivity index (χ0) is 19.1. The Balaban J connectivity index is 1.76. The fourth-order valence-electron chi connectivity index (χ4n) is 3.65. The number of nitrogens with zero attached hydrogens (tertiary/aromatic N) is 1. The Hall–Kier alpha value is -2.28. The highest BCUT2D eigenvalue weighted by Crippen LogP contribution is 2.27. The number of benzene rings is 1. The van der Waals surface area contributed by atoms with Crippen molar-refractivity contribution in [3.05, 3.63) is 23.8 Å². The van der Waals surface area contributed by atoms with E-state index < -0.39 is 0 Å². The first-order valence-electron chi connectivity index (χ1n) is 10.0. The van der Waals surface area contributed by atoms with Gasteiger partial charge in [-0.1, -0.05) is 0 Å². The van der Waals surface area contributed by atoms with Crippen LogP contribution < -0.4 is 20.9 Å². The normalized spacial score (nSPS) is 19.6. The minimum atomic E-state index is -0.270. The van der Waals surface area contributed by atoms with Gasteiger partial charge >= 0.3 is 6.03 Å². The van der Waals surface area contributed by atoms with Crippen LogP contribution in [-0.2, 0) is 4.74 Å². The Labute approximate surface area is 160 Å². The summed E-state index contributed by atoms with van der Waals surface area (Å²) < 4.78 is 5.60. The molecule has 3 amide bonds. The molecule has 1 atom stereocenters. The fourth-order valence-corrected chi connectivity index (χ4v) is 3.65. The molecule has 27 heavy (non-hydrogen) atoms. The van der Waals surface area contributed by atoms with Crippen LogP contribution in [0.5, 0.6) is 0 Å². The van der Waals surface area contributed by atoms with Crippen molar-refractivity contribution in [2.24, 2.45) is 0 Å². The first kappa shape index (κ1) is 19.5. The molecule has 1 aromatic carbocycles. The number of anilines is 2. The lowest BCUT2D eigenvalue weighted by Gasteiger charge is -2.30. The third-order valence-corrected chi connectivity index (χ3v) is 5.05. The van der Waals surface area contributed by atoms with Crippen molar-refractivity contribution >= 4 is 23.3 Å². The number of piperidine rings is 1. The molecule has 0 bridgehead atoms. The molecule has 3 rings (SSSR count). The molecule has 1 aromatic rings. The number of urea groups is 1. The molecular weight excluding hydrogens is 344 g/mol. The molecule has 3 N–H and O–H groups in total. The van der Waals surface area contributed by atoms with Gasteiger partial charge in [0.2, 0.25) is 0 Å². The summed E-state index contributed by atoms with van der Waals surface area (Å²) in [6, 6.07) is 5.29. The first-order valence-corrected chi connectivity index (χ1v) is 10.0. The van der Waals surface area contributed by atoms with E-state index in [4.69, 9.17) is 4.74 Å². The molecule has 7 heteroatoms. The monoisotopic (exact) mass is 374 g/mol. The topological polar surface area (TPSA) is 82.7 Å². The van der Waals surface area contributed by atoms with Gasteiger partial charge < -0.3 is 25.6 Å².